The highest BCUT2D eigenvalue weighted by molar-refractivity contribution is 5.13. The Balaban J connectivity index is 1.66. The van der Waals surface area contributed by atoms with Crippen LogP contribution in [0, 0.1) is 0 Å². The molecule has 1 aliphatic heterocycles. The minimum Gasteiger partial charge on any atom is -0.385 e. The SMILES string of the molecule is C[C@H]1C[NH+](C[C@H](O)COCc2ccccc2)C[C@H](C)O1. The van der Waals surface area contributed by atoms with Gasteiger partial charge in [-0.3, -0.25) is 0 Å². The predicted molar refractivity (Wildman–Crippen MR) is 77.7 cm³/mol. The van der Waals surface area contributed by atoms with Gasteiger partial charge < -0.3 is 19.5 Å². The number of morpholine rings is 1. The van der Waals surface area contributed by atoms with E-state index in [0.717, 1.165) is 25.2 Å². The quantitative estimate of drug-likeness (QED) is 0.785. The van der Waals surface area contributed by atoms with Crippen molar-refractivity contribution >= 4 is 0 Å². The van der Waals surface area contributed by atoms with E-state index in [2.05, 4.69) is 13.8 Å². The number of aliphatic hydroxyl groups is 1. The maximum atomic E-state index is 10.1. The zero-order chi connectivity index (χ0) is 14.4. The van der Waals surface area contributed by atoms with Crippen molar-refractivity contribution in [3.05, 3.63) is 35.9 Å². The van der Waals surface area contributed by atoms with Gasteiger partial charge in [-0.15, -0.1) is 0 Å². The summed E-state index contributed by atoms with van der Waals surface area (Å²) < 4.78 is 11.3. The van der Waals surface area contributed by atoms with Crippen molar-refractivity contribution < 1.29 is 19.5 Å². The van der Waals surface area contributed by atoms with Crippen LogP contribution in [-0.2, 0) is 16.1 Å². The largest absolute Gasteiger partial charge is 0.385 e. The van der Waals surface area contributed by atoms with E-state index in [-0.39, 0.29) is 12.2 Å². The topological polar surface area (TPSA) is 43.1 Å². The fourth-order valence-electron chi connectivity index (χ4n) is 2.84. The number of rotatable bonds is 6. The Morgan fingerprint density at radius 3 is 2.55 bits per heavy atom. The lowest BCUT2D eigenvalue weighted by atomic mass is 10.2. The maximum Gasteiger partial charge on any atom is 0.126 e. The highest BCUT2D eigenvalue weighted by Crippen LogP contribution is 2.01. The smallest absolute Gasteiger partial charge is 0.126 e. The minimum absolute atomic E-state index is 0.270. The van der Waals surface area contributed by atoms with Crippen molar-refractivity contribution in [2.75, 3.05) is 26.2 Å². The second kappa shape index (κ2) is 7.74. The molecular formula is C16H26NO3+. The normalized spacial score (nSPS) is 28.2. The van der Waals surface area contributed by atoms with Crippen LogP contribution < -0.4 is 4.90 Å². The molecule has 0 amide bonds. The van der Waals surface area contributed by atoms with Crippen molar-refractivity contribution in [2.24, 2.45) is 0 Å². The van der Waals surface area contributed by atoms with Crippen molar-refractivity contribution in [2.45, 2.75) is 38.8 Å². The van der Waals surface area contributed by atoms with E-state index in [1.165, 1.54) is 4.90 Å². The molecule has 0 aromatic heterocycles. The number of ether oxygens (including phenoxy) is 2. The van der Waals surface area contributed by atoms with Crippen LogP contribution in [0.1, 0.15) is 19.4 Å². The molecule has 1 saturated heterocycles. The summed E-state index contributed by atoms with van der Waals surface area (Å²) in [5.74, 6) is 0. The van der Waals surface area contributed by atoms with Crippen molar-refractivity contribution in [1.29, 1.82) is 0 Å². The average molecular weight is 280 g/mol. The van der Waals surface area contributed by atoms with Gasteiger partial charge in [0, 0.05) is 0 Å². The molecule has 112 valence electrons. The van der Waals surface area contributed by atoms with E-state index in [1.54, 1.807) is 0 Å². The second-order valence-electron chi connectivity index (χ2n) is 5.77. The molecule has 2 rings (SSSR count). The van der Waals surface area contributed by atoms with Crippen LogP contribution in [0.5, 0.6) is 0 Å². The van der Waals surface area contributed by atoms with E-state index in [0.29, 0.717) is 13.2 Å². The van der Waals surface area contributed by atoms with Gasteiger partial charge in [-0.25, -0.2) is 0 Å². The Morgan fingerprint density at radius 1 is 1.25 bits per heavy atom. The van der Waals surface area contributed by atoms with Gasteiger partial charge in [-0.05, 0) is 19.4 Å². The first-order valence-corrected chi connectivity index (χ1v) is 7.42. The van der Waals surface area contributed by atoms with Gasteiger partial charge in [0.15, 0.2) is 0 Å². The van der Waals surface area contributed by atoms with Crippen LogP contribution in [0.4, 0.5) is 0 Å². The lowest BCUT2D eigenvalue weighted by molar-refractivity contribution is -0.918. The zero-order valence-corrected chi connectivity index (χ0v) is 12.4. The molecule has 1 heterocycles. The molecule has 4 nitrogen and oxygen atoms in total. The van der Waals surface area contributed by atoms with Crippen LogP contribution in [0.2, 0.25) is 0 Å². The van der Waals surface area contributed by atoms with E-state index in [9.17, 15) is 5.11 Å². The monoisotopic (exact) mass is 280 g/mol. The molecule has 1 aromatic rings. The van der Waals surface area contributed by atoms with Crippen LogP contribution in [-0.4, -0.2) is 49.7 Å². The molecule has 1 aliphatic rings. The summed E-state index contributed by atoms with van der Waals surface area (Å²) >= 11 is 0. The third-order valence-electron chi connectivity index (χ3n) is 3.56. The first-order valence-electron chi connectivity index (χ1n) is 7.42. The molecule has 3 atom stereocenters. The number of benzene rings is 1. The lowest BCUT2D eigenvalue weighted by Crippen LogP contribution is -3.16. The van der Waals surface area contributed by atoms with Gasteiger partial charge >= 0.3 is 0 Å². The Labute approximate surface area is 121 Å². The van der Waals surface area contributed by atoms with Crippen molar-refractivity contribution in [3.8, 4) is 0 Å². The molecule has 0 saturated carbocycles. The number of quaternary nitrogens is 1. The first-order chi connectivity index (χ1) is 9.63. The summed E-state index contributed by atoms with van der Waals surface area (Å²) in [5.41, 5.74) is 1.14. The molecular weight excluding hydrogens is 254 g/mol. The maximum absolute atomic E-state index is 10.1. The number of hydrogen-bond donors (Lipinski definition) is 2. The fraction of sp³-hybridized carbons (Fsp3) is 0.625. The van der Waals surface area contributed by atoms with Crippen LogP contribution in [0.3, 0.4) is 0 Å². The first kappa shape index (κ1) is 15.4. The third-order valence-corrected chi connectivity index (χ3v) is 3.56. The Kier molecular flexibility index (Phi) is 5.98. The Morgan fingerprint density at radius 2 is 1.90 bits per heavy atom. The van der Waals surface area contributed by atoms with Gasteiger partial charge in [0.2, 0.25) is 0 Å². The standard InChI is InChI=1S/C16H25NO3/c1-13-8-17(9-14(2)20-13)10-16(18)12-19-11-15-6-4-3-5-7-15/h3-7,13-14,16,18H,8-12H2,1-2H3/p+1/t13-,14-,16-/m0/s1. The summed E-state index contributed by atoms with van der Waals surface area (Å²) in [5, 5.41) is 10.1. The highest BCUT2D eigenvalue weighted by Gasteiger charge is 2.27. The summed E-state index contributed by atoms with van der Waals surface area (Å²) in [7, 11) is 0. The highest BCUT2D eigenvalue weighted by atomic mass is 16.5. The zero-order valence-electron chi connectivity index (χ0n) is 12.4. The molecule has 0 bridgehead atoms. The van der Waals surface area contributed by atoms with E-state index >= 15 is 0 Å². The Hall–Kier alpha value is -0.940. The molecule has 1 aromatic carbocycles. The van der Waals surface area contributed by atoms with Crippen molar-refractivity contribution in [1.82, 2.24) is 0 Å². The second-order valence-corrected chi connectivity index (χ2v) is 5.77. The van der Waals surface area contributed by atoms with Crippen molar-refractivity contribution in [3.63, 3.8) is 0 Å². The van der Waals surface area contributed by atoms with Gasteiger partial charge in [-0.2, -0.15) is 0 Å². The Bertz CT molecular complexity index is 375. The van der Waals surface area contributed by atoms with Gasteiger partial charge in [0.1, 0.15) is 37.9 Å². The number of nitrogens with one attached hydrogen (secondary N) is 1. The fourth-order valence-corrected chi connectivity index (χ4v) is 2.84. The third kappa shape index (κ3) is 5.21. The van der Waals surface area contributed by atoms with Gasteiger partial charge in [0.25, 0.3) is 0 Å². The summed E-state index contributed by atoms with van der Waals surface area (Å²) in [6, 6.07) is 10.0. The molecule has 4 heteroatoms. The minimum atomic E-state index is -0.411. The summed E-state index contributed by atoms with van der Waals surface area (Å²) in [6.45, 7) is 7.78. The van der Waals surface area contributed by atoms with Crippen LogP contribution in [0.15, 0.2) is 30.3 Å². The number of aliphatic hydroxyl groups excluding tert-OH is 1. The van der Waals surface area contributed by atoms with Crippen LogP contribution in [0.25, 0.3) is 0 Å². The molecule has 0 spiro atoms. The molecule has 1 fully saturated rings. The molecule has 0 unspecified atom stereocenters. The summed E-state index contributed by atoms with van der Waals surface area (Å²) in [4.78, 5) is 1.40. The van der Waals surface area contributed by atoms with E-state index in [4.69, 9.17) is 9.47 Å². The lowest BCUT2D eigenvalue weighted by Gasteiger charge is -2.33. The van der Waals surface area contributed by atoms with Crippen LogP contribution >= 0.6 is 0 Å². The van der Waals surface area contributed by atoms with Gasteiger partial charge in [-0.1, -0.05) is 30.3 Å². The number of hydrogen-bond acceptors (Lipinski definition) is 3. The molecule has 0 radical (unpaired) electrons. The molecule has 0 aliphatic carbocycles. The molecule has 20 heavy (non-hydrogen) atoms. The van der Waals surface area contributed by atoms with E-state index in [1.807, 2.05) is 30.3 Å². The average Bonchev–Trinajstić information content (AvgIpc) is 2.38. The van der Waals surface area contributed by atoms with Gasteiger partial charge in [0.05, 0.1) is 13.2 Å². The predicted octanol–water partition coefficient (Wildman–Crippen LogP) is 0.256. The van der Waals surface area contributed by atoms with E-state index < -0.39 is 6.10 Å². The molecule has 2 N–H and O–H groups in total. The summed E-state index contributed by atoms with van der Waals surface area (Å²) in [6.07, 6.45) is 0.128.